The van der Waals surface area contributed by atoms with Gasteiger partial charge in [0.15, 0.2) is 23.7 Å². The van der Waals surface area contributed by atoms with Crippen LogP contribution in [0.3, 0.4) is 0 Å². The topological polar surface area (TPSA) is 119 Å². The van der Waals surface area contributed by atoms with Crippen molar-refractivity contribution in [3.63, 3.8) is 0 Å². The Morgan fingerprint density at radius 1 is 1.29 bits per heavy atom. The number of aromatic nitrogens is 3. The van der Waals surface area contributed by atoms with Gasteiger partial charge in [0.05, 0.1) is 22.0 Å². The second kappa shape index (κ2) is 9.92. The van der Waals surface area contributed by atoms with Gasteiger partial charge in [-0.15, -0.1) is 6.42 Å². The molecule has 0 fully saturated rings. The Balaban J connectivity index is 1.73. The number of nitrogens with one attached hydrogen (secondary N) is 1. The van der Waals surface area contributed by atoms with Crippen LogP contribution in [-0.2, 0) is 5.54 Å². The molecule has 38 heavy (non-hydrogen) atoms. The highest BCUT2D eigenvalue weighted by atomic mass is 32.2. The van der Waals surface area contributed by atoms with Crippen molar-refractivity contribution in [3.8, 4) is 18.2 Å². The van der Waals surface area contributed by atoms with E-state index in [1.165, 1.54) is 51.4 Å². The number of aliphatic imine (C=N–C) groups is 1. The number of rotatable bonds is 6. The number of nitrogens with zero attached hydrogens (tertiary/aromatic N) is 4. The van der Waals surface area contributed by atoms with Crippen LogP contribution in [-0.4, -0.2) is 48.9 Å². The minimum atomic E-state index is -4.91. The smallest absolute Gasteiger partial charge is 0.415 e. The average Bonchev–Trinajstić information content (AvgIpc) is 2.86. The molecule has 3 aromatic rings. The zero-order valence-corrected chi connectivity index (χ0v) is 21.4. The molecule has 4 atom stereocenters. The van der Waals surface area contributed by atoms with Crippen LogP contribution < -0.4 is 15.8 Å². The van der Waals surface area contributed by atoms with Crippen LogP contribution in [0.15, 0.2) is 41.7 Å². The number of benzene rings is 1. The van der Waals surface area contributed by atoms with E-state index >= 15 is 4.39 Å². The maximum absolute atomic E-state index is 15.2. The summed E-state index contributed by atoms with van der Waals surface area (Å²) in [6, 6.07) is 5.67. The zero-order valence-electron chi connectivity index (χ0n) is 20.5. The van der Waals surface area contributed by atoms with Crippen LogP contribution in [0, 0.1) is 24.1 Å². The van der Waals surface area contributed by atoms with Crippen molar-refractivity contribution in [3.05, 3.63) is 48.0 Å². The van der Waals surface area contributed by atoms with Gasteiger partial charge in [-0.3, -0.25) is 4.99 Å². The highest BCUT2D eigenvalue weighted by molar-refractivity contribution is 8.15. The van der Waals surface area contributed by atoms with E-state index in [0.29, 0.717) is 34.3 Å². The van der Waals surface area contributed by atoms with E-state index in [0.717, 1.165) is 0 Å². The predicted molar refractivity (Wildman–Crippen MR) is 138 cm³/mol. The Hall–Kier alpha value is -3.63. The van der Waals surface area contributed by atoms with Crippen LogP contribution in [0.4, 0.5) is 29.1 Å². The fourth-order valence-corrected chi connectivity index (χ4v) is 5.80. The molecule has 1 aliphatic heterocycles. The van der Waals surface area contributed by atoms with Crippen molar-refractivity contribution in [1.29, 1.82) is 0 Å². The number of hydrogen-bond acceptors (Lipinski definition) is 9. The lowest BCUT2D eigenvalue weighted by atomic mass is 9.71. The molecule has 13 heteroatoms. The van der Waals surface area contributed by atoms with E-state index in [9.17, 15) is 18.3 Å². The molecule has 0 radical (unpaired) electrons. The second-order valence-electron chi connectivity index (χ2n) is 9.10. The lowest BCUT2D eigenvalue weighted by molar-refractivity contribution is -0.217. The molecule has 1 aromatic carbocycles. The molecular weight excluding hydrogens is 524 g/mol. The van der Waals surface area contributed by atoms with E-state index in [-0.39, 0.29) is 23.2 Å². The van der Waals surface area contributed by atoms with Crippen LogP contribution in [0.1, 0.15) is 26.3 Å². The first-order valence-corrected chi connectivity index (χ1v) is 12.2. The standard InChI is InChI=1S/C25H24F4N6O2S/c1-5-10-37-18-12-32-19-17(34-18)8-9-31-20(19)33-14-6-7-16(26)15(11-14)23(3)13(2)24(4,38-22(30)35-23)21(36)25(27,28)29/h1,6-9,11-13,21,36H,10H2,2-4H3,(H2,30,35)(H,31,33)/t13-,21+,23-,24-/m0/s1. The molecule has 0 amide bonds. The highest BCUT2D eigenvalue weighted by Crippen LogP contribution is 2.54. The summed E-state index contributed by atoms with van der Waals surface area (Å²) in [4.78, 5) is 17.3. The van der Waals surface area contributed by atoms with Crippen LogP contribution in [0.5, 0.6) is 5.88 Å². The molecule has 2 aromatic heterocycles. The third kappa shape index (κ3) is 4.93. The normalized spacial score (nSPS) is 24.4. The van der Waals surface area contributed by atoms with Crippen molar-refractivity contribution in [2.24, 2.45) is 16.6 Å². The molecule has 0 unspecified atom stereocenters. The summed E-state index contributed by atoms with van der Waals surface area (Å²) in [7, 11) is 0. The summed E-state index contributed by atoms with van der Waals surface area (Å²) in [5.74, 6) is 1.18. The van der Waals surface area contributed by atoms with Crippen molar-refractivity contribution in [2.75, 3.05) is 11.9 Å². The molecule has 0 saturated heterocycles. The van der Waals surface area contributed by atoms with Gasteiger partial charge < -0.3 is 20.9 Å². The van der Waals surface area contributed by atoms with Gasteiger partial charge in [-0.25, -0.2) is 19.3 Å². The van der Waals surface area contributed by atoms with Crippen molar-refractivity contribution >= 4 is 39.5 Å². The highest BCUT2D eigenvalue weighted by Gasteiger charge is 2.60. The maximum Gasteiger partial charge on any atom is 0.415 e. The number of aliphatic hydroxyl groups excluding tert-OH is 1. The van der Waals surface area contributed by atoms with Crippen molar-refractivity contribution in [2.45, 2.75) is 43.3 Å². The quantitative estimate of drug-likeness (QED) is 0.304. The second-order valence-corrected chi connectivity index (χ2v) is 10.6. The van der Waals surface area contributed by atoms with Gasteiger partial charge in [-0.05, 0) is 38.1 Å². The van der Waals surface area contributed by atoms with Crippen LogP contribution >= 0.6 is 11.8 Å². The number of anilines is 2. The molecule has 4 rings (SSSR count). The van der Waals surface area contributed by atoms with E-state index in [2.05, 4.69) is 31.2 Å². The fraction of sp³-hybridized carbons (Fsp3) is 0.360. The molecule has 1 aliphatic rings. The van der Waals surface area contributed by atoms with Gasteiger partial charge in [0.25, 0.3) is 0 Å². The van der Waals surface area contributed by atoms with E-state index in [1.807, 2.05) is 0 Å². The van der Waals surface area contributed by atoms with Crippen LogP contribution in [0.25, 0.3) is 11.0 Å². The lowest BCUT2D eigenvalue weighted by Crippen LogP contribution is -2.58. The van der Waals surface area contributed by atoms with Gasteiger partial charge >= 0.3 is 6.18 Å². The first-order chi connectivity index (χ1) is 17.8. The number of terminal acetylenes is 1. The summed E-state index contributed by atoms with van der Waals surface area (Å²) in [6.07, 6.45) is 0.442. The summed E-state index contributed by atoms with van der Waals surface area (Å²) >= 11 is 0.622. The first-order valence-electron chi connectivity index (χ1n) is 11.3. The first kappa shape index (κ1) is 27.4. The Bertz CT molecular complexity index is 1450. The van der Waals surface area contributed by atoms with Gasteiger partial charge in [0.1, 0.15) is 11.3 Å². The minimum absolute atomic E-state index is 0.00450. The molecule has 200 valence electrons. The number of fused-ring (bicyclic) bond motifs is 1. The maximum atomic E-state index is 15.2. The Kier molecular flexibility index (Phi) is 7.15. The minimum Gasteiger partial charge on any atom is -0.463 e. The van der Waals surface area contributed by atoms with Crippen LogP contribution in [0.2, 0.25) is 0 Å². The molecule has 0 bridgehead atoms. The monoisotopic (exact) mass is 548 g/mol. The largest absolute Gasteiger partial charge is 0.463 e. The average molecular weight is 549 g/mol. The summed E-state index contributed by atoms with van der Waals surface area (Å²) in [6.45, 7) is 4.25. The molecule has 4 N–H and O–H groups in total. The number of aliphatic hydroxyl groups is 1. The van der Waals surface area contributed by atoms with E-state index < -0.39 is 34.3 Å². The van der Waals surface area contributed by atoms with Gasteiger partial charge in [0, 0.05) is 23.4 Å². The predicted octanol–water partition coefficient (Wildman–Crippen LogP) is 4.51. The van der Waals surface area contributed by atoms with E-state index in [1.54, 1.807) is 6.07 Å². The molecule has 0 aliphatic carbocycles. The lowest BCUT2D eigenvalue weighted by Gasteiger charge is -2.49. The third-order valence-corrected chi connectivity index (χ3v) is 8.06. The number of hydrogen-bond donors (Lipinski definition) is 3. The number of thioether (sulfide) groups is 1. The molecule has 0 saturated carbocycles. The fourth-order valence-electron chi connectivity index (χ4n) is 4.46. The number of halogens is 4. The number of nitrogens with two attached hydrogens (primary N) is 1. The van der Waals surface area contributed by atoms with Gasteiger partial charge in [0.2, 0.25) is 5.88 Å². The Labute approximate surface area is 220 Å². The number of pyridine rings is 1. The summed E-state index contributed by atoms with van der Waals surface area (Å²) < 4.78 is 59.4. The van der Waals surface area contributed by atoms with Crippen molar-refractivity contribution in [1.82, 2.24) is 15.0 Å². The Morgan fingerprint density at radius 3 is 2.71 bits per heavy atom. The molecular formula is C25H24F4N6O2S. The SMILES string of the molecule is C#CCOc1cnc2c(Nc3ccc(F)c([C@@]4(C)N=C(N)S[C@](C)([C@@H](O)C(F)(F)F)[C@H]4C)c3)nccc2n1. The van der Waals surface area contributed by atoms with Gasteiger partial charge in [-0.1, -0.05) is 24.6 Å². The third-order valence-electron chi connectivity index (χ3n) is 6.74. The summed E-state index contributed by atoms with van der Waals surface area (Å²) in [5, 5.41) is 13.1. The number of amidine groups is 1. The Morgan fingerprint density at radius 2 is 2.03 bits per heavy atom. The van der Waals surface area contributed by atoms with E-state index in [4.69, 9.17) is 16.9 Å². The number of ether oxygens (including phenoxy) is 1. The number of alkyl halides is 3. The molecule has 3 heterocycles. The van der Waals surface area contributed by atoms with Crippen molar-refractivity contribution < 1.29 is 27.4 Å². The molecule has 0 spiro atoms. The molecule has 8 nitrogen and oxygen atoms in total. The summed E-state index contributed by atoms with van der Waals surface area (Å²) in [5.41, 5.74) is 5.61. The van der Waals surface area contributed by atoms with Gasteiger partial charge in [-0.2, -0.15) is 13.2 Å². The zero-order chi connectivity index (χ0) is 27.9.